The molecule has 3 amide bonds. The van der Waals surface area contributed by atoms with Gasteiger partial charge in [0.1, 0.15) is 0 Å². The average molecular weight is 282 g/mol. The number of rotatable bonds is 4. The lowest BCUT2D eigenvalue weighted by atomic mass is 10.3. The molecule has 0 saturated carbocycles. The molecule has 1 aromatic heterocycles. The van der Waals surface area contributed by atoms with Crippen molar-refractivity contribution < 1.29 is 9.59 Å². The molecule has 0 aliphatic carbocycles. The summed E-state index contributed by atoms with van der Waals surface area (Å²) in [6.45, 7) is 4.17. The van der Waals surface area contributed by atoms with E-state index in [1.165, 1.54) is 0 Å². The fourth-order valence-corrected chi connectivity index (χ4v) is 2.51. The van der Waals surface area contributed by atoms with Gasteiger partial charge < -0.3 is 10.6 Å². The monoisotopic (exact) mass is 282 g/mol. The number of hydrogen-bond donors (Lipinski definition) is 3. The van der Waals surface area contributed by atoms with Crippen molar-refractivity contribution in [2.24, 2.45) is 0 Å². The minimum atomic E-state index is -0.437. The van der Waals surface area contributed by atoms with Crippen LogP contribution in [-0.4, -0.2) is 49.6 Å². The fourth-order valence-electron chi connectivity index (χ4n) is 1.86. The maximum Gasteiger partial charge on any atom is 0.321 e. The molecule has 1 fully saturated rings. The number of carbonyl (C=O) groups is 2. The van der Waals surface area contributed by atoms with Crippen molar-refractivity contribution in [1.29, 1.82) is 0 Å². The van der Waals surface area contributed by atoms with Gasteiger partial charge in [-0.1, -0.05) is 6.07 Å². The highest BCUT2D eigenvalue weighted by Crippen LogP contribution is 2.06. The van der Waals surface area contributed by atoms with E-state index >= 15 is 0 Å². The number of imide groups is 1. The fraction of sp³-hybridized carbons (Fsp3) is 0.500. The van der Waals surface area contributed by atoms with E-state index in [2.05, 4.69) is 16.0 Å². The molecule has 0 unspecified atom stereocenters. The van der Waals surface area contributed by atoms with Gasteiger partial charge in [0.05, 0.1) is 13.1 Å². The highest BCUT2D eigenvalue weighted by molar-refractivity contribution is 7.09. The first-order valence-corrected chi connectivity index (χ1v) is 7.15. The van der Waals surface area contributed by atoms with Gasteiger partial charge in [-0.15, -0.1) is 11.3 Å². The first-order chi connectivity index (χ1) is 9.24. The summed E-state index contributed by atoms with van der Waals surface area (Å²) in [7, 11) is 0. The Morgan fingerprint density at radius 1 is 1.37 bits per heavy atom. The van der Waals surface area contributed by atoms with Crippen LogP contribution in [0.1, 0.15) is 4.88 Å². The SMILES string of the molecule is O=C(CN1CCNCC1)NC(=O)NCc1cccs1. The summed E-state index contributed by atoms with van der Waals surface area (Å²) < 4.78 is 0. The van der Waals surface area contributed by atoms with Crippen molar-refractivity contribution in [2.75, 3.05) is 32.7 Å². The lowest BCUT2D eigenvalue weighted by Gasteiger charge is -2.26. The van der Waals surface area contributed by atoms with E-state index in [1.54, 1.807) is 11.3 Å². The minimum absolute atomic E-state index is 0.259. The molecule has 1 aromatic rings. The predicted molar refractivity (Wildman–Crippen MR) is 74.0 cm³/mol. The molecule has 1 aliphatic heterocycles. The topological polar surface area (TPSA) is 73.5 Å². The van der Waals surface area contributed by atoms with E-state index in [0.29, 0.717) is 6.54 Å². The predicted octanol–water partition coefficient (Wildman–Crippen LogP) is -0.0209. The lowest BCUT2D eigenvalue weighted by Crippen LogP contribution is -2.49. The summed E-state index contributed by atoms with van der Waals surface area (Å²) in [6.07, 6.45) is 0. The molecule has 1 aliphatic rings. The van der Waals surface area contributed by atoms with Crippen LogP contribution in [0.15, 0.2) is 17.5 Å². The summed E-state index contributed by atoms with van der Waals surface area (Å²) in [6, 6.07) is 3.43. The van der Waals surface area contributed by atoms with Crippen LogP contribution < -0.4 is 16.0 Å². The Morgan fingerprint density at radius 2 is 2.16 bits per heavy atom. The zero-order chi connectivity index (χ0) is 13.5. The van der Waals surface area contributed by atoms with Gasteiger partial charge in [0.2, 0.25) is 5.91 Å². The molecule has 6 nitrogen and oxygen atoms in total. The van der Waals surface area contributed by atoms with E-state index < -0.39 is 6.03 Å². The van der Waals surface area contributed by atoms with Crippen LogP contribution in [0.5, 0.6) is 0 Å². The van der Waals surface area contributed by atoms with E-state index in [9.17, 15) is 9.59 Å². The molecule has 104 valence electrons. The van der Waals surface area contributed by atoms with Crippen molar-refractivity contribution in [2.45, 2.75) is 6.54 Å². The molecular weight excluding hydrogens is 264 g/mol. The molecule has 0 atom stereocenters. The molecule has 0 aromatic carbocycles. The second-order valence-corrected chi connectivity index (χ2v) is 5.37. The molecule has 7 heteroatoms. The molecular formula is C12H18N4O2S. The Hall–Kier alpha value is -1.44. The second-order valence-electron chi connectivity index (χ2n) is 4.34. The van der Waals surface area contributed by atoms with Gasteiger partial charge in [-0.2, -0.15) is 0 Å². The number of urea groups is 1. The molecule has 2 rings (SSSR count). The third-order valence-corrected chi connectivity index (χ3v) is 3.71. The van der Waals surface area contributed by atoms with E-state index in [1.807, 2.05) is 22.4 Å². The van der Waals surface area contributed by atoms with Crippen molar-refractivity contribution in [1.82, 2.24) is 20.9 Å². The zero-order valence-corrected chi connectivity index (χ0v) is 11.5. The number of hydrogen-bond acceptors (Lipinski definition) is 5. The van der Waals surface area contributed by atoms with Gasteiger partial charge in [-0.3, -0.25) is 15.0 Å². The third-order valence-electron chi connectivity index (χ3n) is 2.83. The summed E-state index contributed by atoms with van der Waals surface area (Å²) in [4.78, 5) is 26.3. The molecule has 3 N–H and O–H groups in total. The largest absolute Gasteiger partial charge is 0.333 e. The standard InChI is InChI=1S/C12H18N4O2S/c17-11(9-16-5-3-13-4-6-16)15-12(18)14-8-10-2-1-7-19-10/h1-2,7,13H,3-6,8-9H2,(H2,14,15,17,18). The normalized spacial score (nSPS) is 16.0. The van der Waals surface area contributed by atoms with Crippen LogP contribution in [0.3, 0.4) is 0 Å². The number of nitrogens with zero attached hydrogens (tertiary/aromatic N) is 1. The Balaban J connectivity index is 1.65. The summed E-state index contributed by atoms with van der Waals surface area (Å²) in [5.41, 5.74) is 0. The number of piperazine rings is 1. The van der Waals surface area contributed by atoms with E-state index in [0.717, 1.165) is 31.1 Å². The van der Waals surface area contributed by atoms with Crippen LogP contribution in [0.4, 0.5) is 4.79 Å². The Morgan fingerprint density at radius 3 is 2.84 bits per heavy atom. The second kappa shape index (κ2) is 7.22. The summed E-state index contributed by atoms with van der Waals surface area (Å²) >= 11 is 1.57. The van der Waals surface area contributed by atoms with Crippen LogP contribution in [0.25, 0.3) is 0 Å². The first kappa shape index (κ1) is 14.0. The highest BCUT2D eigenvalue weighted by atomic mass is 32.1. The van der Waals surface area contributed by atoms with Crippen molar-refractivity contribution in [3.05, 3.63) is 22.4 Å². The van der Waals surface area contributed by atoms with E-state index in [4.69, 9.17) is 0 Å². The number of carbonyl (C=O) groups excluding carboxylic acids is 2. The third kappa shape index (κ3) is 4.98. The highest BCUT2D eigenvalue weighted by Gasteiger charge is 2.15. The molecule has 1 saturated heterocycles. The van der Waals surface area contributed by atoms with Gasteiger partial charge in [0.15, 0.2) is 0 Å². The van der Waals surface area contributed by atoms with Gasteiger partial charge in [0.25, 0.3) is 0 Å². The Bertz CT molecular complexity index is 415. The van der Waals surface area contributed by atoms with Crippen LogP contribution in [0.2, 0.25) is 0 Å². The van der Waals surface area contributed by atoms with Crippen molar-refractivity contribution >= 4 is 23.3 Å². The number of amides is 3. The van der Waals surface area contributed by atoms with Crippen LogP contribution in [-0.2, 0) is 11.3 Å². The Kier molecular flexibility index (Phi) is 5.31. The van der Waals surface area contributed by atoms with Crippen molar-refractivity contribution in [3.8, 4) is 0 Å². The number of thiophene rings is 1. The maximum absolute atomic E-state index is 11.7. The van der Waals surface area contributed by atoms with Crippen molar-refractivity contribution in [3.63, 3.8) is 0 Å². The van der Waals surface area contributed by atoms with Crippen LogP contribution >= 0.6 is 11.3 Å². The lowest BCUT2D eigenvalue weighted by molar-refractivity contribution is -0.121. The quantitative estimate of drug-likeness (QED) is 0.725. The van der Waals surface area contributed by atoms with Gasteiger partial charge in [-0.25, -0.2) is 4.79 Å². The van der Waals surface area contributed by atoms with Gasteiger partial charge in [-0.05, 0) is 11.4 Å². The summed E-state index contributed by atoms with van der Waals surface area (Å²) in [5, 5.41) is 10.2. The average Bonchev–Trinajstić information content (AvgIpc) is 2.90. The van der Waals surface area contributed by atoms with E-state index in [-0.39, 0.29) is 12.5 Å². The van der Waals surface area contributed by atoms with Crippen LogP contribution in [0, 0.1) is 0 Å². The molecule has 0 radical (unpaired) electrons. The smallest absolute Gasteiger partial charge is 0.321 e. The Labute approximate surface area is 116 Å². The maximum atomic E-state index is 11.7. The molecule has 2 heterocycles. The minimum Gasteiger partial charge on any atom is -0.333 e. The van der Waals surface area contributed by atoms with Gasteiger partial charge in [0, 0.05) is 31.1 Å². The zero-order valence-electron chi connectivity index (χ0n) is 10.6. The molecule has 0 spiro atoms. The molecule has 19 heavy (non-hydrogen) atoms. The van der Waals surface area contributed by atoms with Gasteiger partial charge >= 0.3 is 6.03 Å². The first-order valence-electron chi connectivity index (χ1n) is 6.27. The summed E-state index contributed by atoms with van der Waals surface area (Å²) in [5.74, 6) is -0.259. The molecule has 0 bridgehead atoms. The number of nitrogens with one attached hydrogen (secondary N) is 3.